The molecule has 1 atom stereocenters. The van der Waals surface area contributed by atoms with E-state index in [2.05, 4.69) is 118 Å². The van der Waals surface area contributed by atoms with Crippen molar-refractivity contribution in [3.05, 3.63) is 378 Å². The summed E-state index contributed by atoms with van der Waals surface area (Å²) in [5.41, 5.74) is 33.6. The molecule has 20 aromatic rings. The molecule has 1 aliphatic rings. The number of aromatic nitrogens is 4. The number of hydrogen-bond acceptors (Lipinski definition) is 4. The third kappa shape index (κ3) is 16.3. The van der Waals surface area contributed by atoms with Gasteiger partial charge in [0.2, 0.25) is 22.8 Å². The molecule has 8 heterocycles. The Labute approximate surface area is 825 Å². The van der Waals surface area contributed by atoms with Crippen molar-refractivity contribution < 1.29 is 56.5 Å². The molecule has 12 nitrogen and oxygen atoms in total. The van der Waals surface area contributed by atoms with Gasteiger partial charge in [0, 0.05) is 152 Å². The van der Waals surface area contributed by atoms with Crippen LogP contribution in [0.4, 0.5) is 22.7 Å². The molecule has 0 saturated heterocycles. The van der Waals surface area contributed by atoms with Crippen LogP contribution in [0.15, 0.2) is 260 Å². The monoisotopic (exact) mass is 1810 g/mol. The molecule has 137 heavy (non-hydrogen) atoms. The van der Waals surface area contributed by atoms with E-state index >= 15 is 0 Å². The number of aryl methyl sites for hydroxylation is 8. The summed E-state index contributed by atoms with van der Waals surface area (Å²) in [6.45, 7) is 55.8. The molecule has 0 spiro atoms. The fourth-order valence-corrected chi connectivity index (χ4v) is 20.1. The van der Waals surface area contributed by atoms with Crippen LogP contribution in [0.3, 0.4) is 0 Å². The van der Waals surface area contributed by atoms with Gasteiger partial charge in [-0.3, -0.25) is 0 Å². The maximum absolute atomic E-state index is 9.39. The molecule has 12 aromatic carbocycles. The Morgan fingerprint density at radius 1 is 0.314 bits per heavy atom. The summed E-state index contributed by atoms with van der Waals surface area (Å²) < 4.78 is 160. The highest BCUT2D eigenvalue weighted by molar-refractivity contribution is 6.19. The zero-order valence-electron chi connectivity index (χ0n) is 95.9. The third-order valence-electron chi connectivity index (χ3n) is 27.9. The minimum absolute atomic E-state index is 0.0825. The van der Waals surface area contributed by atoms with Gasteiger partial charge >= 0.3 is 0 Å². The Morgan fingerprint density at radius 3 is 0.934 bits per heavy atom. The van der Waals surface area contributed by atoms with Crippen LogP contribution in [0.1, 0.15) is 188 Å². The molecule has 676 valence electrons. The summed E-state index contributed by atoms with van der Waals surface area (Å²) in [5.74, 6) is -3.15. The Kier molecular flexibility index (Phi) is 20.4. The summed E-state index contributed by atoms with van der Waals surface area (Å²) in [4.78, 5) is 15.0. The zero-order valence-corrected chi connectivity index (χ0v) is 80.9. The van der Waals surface area contributed by atoms with Crippen LogP contribution in [0.2, 0.25) is 0 Å². The second-order valence-corrected chi connectivity index (χ2v) is 36.6. The largest absolute Gasteiger partial charge is 0.456 e. The highest BCUT2D eigenvalue weighted by Crippen LogP contribution is 2.51. The van der Waals surface area contributed by atoms with Gasteiger partial charge in [0.15, 0.2) is 45.5 Å². The lowest BCUT2D eigenvalue weighted by atomic mass is 9.81. The van der Waals surface area contributed by atoms with Crippen LogP contribution in [0.5, 0.6) is 0 Å². The number of hydrogen-bond donors (Lipinski definition) is 0. The molecule has 12 heteroatoms. The molecule has 0 amide bonds. The van der Waals surface area contributed by atoms with Crippen LogP contribution in [0, 0.1) is 116 Å². The molecule has 21 rings (SSSR count). The molecule has 8 aromatic heterocycles. The molecule has 0 radical (unpaired) electrons. The van der Waals surface area contributed by atoms with Crippen LogP contribution in [0.25, 0.3) is 197 Å². The van der Waals surface area contributed by atoms with Crippen molar-refractivity contribution in [1.82, 2.24) is 0 Å². The van der Waals surface area contributed by atoms with E-state index in [0.717, 1.165) is 215 Å². The first-order chi connectivity index (χ1) is 71.9. The average Bonchev–Trinajstić information content (AvgIpc) is 1.47. The maximum Gasteiger partial charge on any atom is 0.216 e. The molecule has 0 aliphatic heterocycles. The molecular formula is C125H116N8O4+4. The quantitative estimate of drug-likeness (QED) is 0.0954. The Hall–Kier alpha value is -15.6. The fraction of sp³-hybridized carbons (Fsp3) is 0.232. The van der Waals surface area contributed by atoms with Crippen molar-refractivity contribution in [2.45, 2.75) is 167 Å². The molecule has 1 unspecified atom stereocenters. The van der Waals surface area contributed by atoms with E-state index in [9.17, 15) is 2.74 Å². The van der Waals surface area contributed by atoms with E-state index in [1.807, 2.05) is 226 Å². The smallest absolute Gasteiger partial charge is 0.216 e. The number of nitrogens with zero attached hydrogens (tertiary/aromatic N) is 8. The Bertz CT molecular complexity index is 9020. The minimum atomic E-state index is -2.46. The van der Waals surface area contributed by atoms with Gasteiger partial charge in [-0.15, -0.1) is 0 Å². The number of rotatable bonds is 11. The molecule has 1 fully saturated rings. The second-order valence-electron chi connectivity index (χ2n) is 36.6. The predicted octanol–water partition coefficient (Wildman–Crippen LogP) is 33.5. The first-order valence-electron chi connectivity index (χ1n) is 53.7. The summed E-state index contributed by atoms with van der Waals surface area (Å²) in [6.07, 6.45) is 4.68. The van der Waals surface area contributed by atoms with Gasteiger partial charge in [-0.25, -0.2) is 19.4 Å². The maximum atomic E-state index is 9.39. The Morgan fingerprint density at radius 2 is 0.606 bits per heavy atom. The SMILES string of the molecule is [2H]C(C)(C)c1ccc(-c2c(C)ccc3c2oc2c(-c4ccc(C)cc4)c([N+]#[C-])ccc23)[n+](C)c1C.[2H]C([2H])([2H])C([2H])(C)c1ccc(-c2c(C)ccc3c2oc2c(-c4ccc(C)cc4)c([N+]#[C-])ccc23)[n+](C)c1C.[2H]C([2H])([2H])c1ccc(-c2c(C)ccc3c2oc2c(-c4ccc(C)cc4)c([N+]#[C-])ccc23)[n+](C)c1C.[2H]c1c([2H])c([2H])c(-c2c([N+]#[C-])ccc3c2oc2c(-c4c([2H])c(C)c(C5([2H])CCCCC5)c(C)[n+]4C)c(C)ccc23)c([2H])c1[2H]. The molecule has 0 N–H and O–H groups in total. The van der Waals surface area contributed by atoms with E-state index < -0.39 is 61.6 Å². The van der Waals surface area contributed by atoms with Gasteiger partial charge in [0.1, 0.15) is 72.9 Å². The van der Waals surface area contributed by atoms with Crippen molar-refractivity contribution >= 4 is 111 Å². The molecule has 0 bridgehead atoms. The topological polar surface area (TPSA) is 85.5 Å². The summed E-state index contributed by atoms with van der Waals surface area (Å²) in [6, 6.07) is 65.1. The number of fused-ring (bicyclic) bond motifs is 12. The first-order valence-corrected chi connectivity index (χ1v) is 46.2. The number of furan rings is 4. The van der Waals surface area contributed by atoms with Crippen molar-refractivity contribution in [2.75, 3.05) is 0 Å². The second kappa shape index (κ2) is 37.3. The number of pyridine rings is 4. The fourth-order valence-electron chi connectivity index (χ4n) is 20.1. The summed E-state index contributed by atoms with van der Waals surface area (Å²) in [7, 11) is 7.75. The minimum Gasteiger partial charge on any atom is -0.456 e. The zero-order chi connectivity index (χ0) is 110. The molecule has 1 aliphatic carbocycles. The lowest BCUT2D eigenvalue weighted by Gasteiger charge is -2.24. The van der Waals surface area contributed by atoms with Crippen LogP contribution < -0.4 is 18.3 Å². The van der Waals surface area contributed by atoms with E-state index in [1.165, 1.54) is 12.5 Å². The van der Waals surface area contributed by atoms with Gasteiger partial charge in [0.05, 0.1) is 56.8 Å². The molecule has 1 saturated carbocycles. The van der Waals surface area contributed by atoms with E-state index in [-0.39, 0.29) is 22.4 Å². The van der Waals surface area contributed by atoms with Gasteiger partial charge < -0.3 is 17.7 Å². The van der Waals surface area contributed by atoms with Crippen molar-refractivity contribution in [2.24, 2.45) is 28.2 Å². The van der Waals surface area contributed by atoms with Gasteiger partial charge in [-0.2, -0.15) is 18.3 Å². The average molecular weight is 1810 g/mol. The van der Waals surface area contributed by atoms with Crippen molar-refractivity contribution in [3.63, 3.8) is 0 Å². The first kappa shape index (κ1) is 74.8. The van der Waals surface area contributed by atoms with Crippen molar-refractivity contribution in [3.8, 4) is 89.5 Å². The lowest BCUT2D eigenvalue weighted by Crippen LogP contribution is -2.37. The normalized spacial score (nSPS) is 14.7. The van der Waals surface area contributed by atoms with Crippen LogP contribution in [-0.2, 0) is 28.2 Å². The van der Waals surface area contributed by atoms with Gasteiger partial charge in [-0.1, -0.05) is 264 Å². The standard InChI is InChI=1S/C34H33N2O.2C31H29N2O.C29H25N2O/c1-21-16-17-26-27-18-19-28(35-4)32(25-14-10-7-11-15-25)34(27)37-33(26)31(21)29-20-22(2)30(23(3)36(29)5)24-12-8-6-9-13-24;2*1-18(2)23-15-17-27(33(7)21(23)5)28-20(4)10-13-24-25-14-16-26(32-6)29(31(25)34-30(24)28)22-11-8-19(3)9-12-22;1-17-7-11-21(12-8-17)27-24(30-5)15-14-23-22-13-9-19(3)26(28(22)32-29(23)27)25-16-10-18(2)20(4)31(25)6/h7,10-11,14-20,24H,6,8-9,12-13H2,1-3,5H3;2*8-18H,1-5,7H3;7-16H,1-4,6H3/q4*+1/i7D,10D,11D,14D,15D,20D,24D;1D3,18D;18D;2D3. The summed E-state index contributed by atoms with van der Waals surface area (Å²) in [5, 5.41) is 7.20. The summed E-state index contributed by atoms with van der Waals surface area (Å²) >= 11 is 0. The Balaban J connectivity index is 0.000000132. The van der Waals surface area contributed by atoms with E-state index in [1.54, 1.807) is 24.3 Å². The van der Waals surface area contributed by atoms with Crippen LogP contribution >= 0.6 is 0 Å². The van der Waals surface area contributed by atoms with Gasteiger partial charge in [0.25, 0.3) is 0 Å². The van der Waals surface area contributed by atoms with E-state index in [0.29, 0.717) is 84.6 Å². The highest BCUT2D eigenvalue weighted by Gasteiger charge is 2.34. The lowest BCUT2D eigenvalue weighted by molar-refractivity contribution is -0.667. The van der Waals surface area contributed by atoms with Crippen molar-refractivity contribution in [1.29, 1.82) is 0 Å². The third-order valence-corrected chi connectivity index (χ3v) is 27.9. The highest BCUT2D eigenvalue weighted by atomic mass is 16.3. The predicted molar refractivity (Wildman–Crippen MR) is 564 cm³/mol. The van der Waals surface area contributed by atoms with Gasteiger partial charge in [-0.05, 0) is 161 Å². The molecular weight excluding hydrogens is 1680 g/mol. The van der Waals surface area contributed by atoms with E-state index in [4.69, 9.17) is 61.8 Å². The van der Waals surface area contributed by atoms with Crippen LogP contribution in [-0.4, -0.2) is 0 Å². The number of benzene rings is 12.